The first-order valence-electron chi connectivity index (χ1n) is 15.8. The van der Waals surface area contributed by atoms with Gasteiger partial charge < -0.3 is 24.8 Å². The fourth-order valence-electron chi connectivity index (χ4n) is 5.39. The zero-order chi connectivity index (χ0) is 34.1. The molecular weight excluding hydrogens is 625 g/mol. The van der Waals surface area contributed by atoms with E-state index in [4.69, 9.17) is 9.47 Å². The summed E-state index contributed by atoms with van der Waals surface area (Å²) in [5, 5.41) is 13.0. The third-order valence-corrected chi connectivity index (χ3v) is 10.1. The number of carbonyl (C=O) groups excluding carboxylic acids is 2. The highest BCUT2D eigenvalue weighted by Crippen LogP contribution is 2.29. The smallest absolute Gasteiger partial charge is 0.258 e. The highest BCUT2D eigenvalue weighted by atomic mass is 32.2. The van der Waals surface area contributed by atoms with Crippen molar-refractivity contribution in [1.29, 1.82) is 0 Å². The van der Waals surface area contributed by atoms with Crippen molar-refractivity contribution < 1.29 is 37.0 Å². The lowest BCUT2D eigenvalue weighted by Gasteiger charge is -2.35. The van der Waals surface area contributed by atoms with Gasteiger partial charge in [0.05, 0.1) is 35.3 Å². The van der Waals surface area contributed by atoms with Crippen LogP contribution in [-0.2, 0) is 14.8 Å². The maximum atomic E-state index is 14.3. The van der Waals surface area contributed by atoms with Crippen LogP contribution in [0, 0.1) is 11.7 Å². The number of amides is 2. The summed E-state index contributed by atoms with van der Waals surface area (Å²) in [7, 11) is -2.51. The van der Waals surface area contributed by atoms with Crippen LogP contribution < -0.4 is 10.1 Å². The second-order valence-electron chi connectivity index (χ2n) is 12.1. The zero-order valence-corrected chi connectivity index (χ0v) is 28.1. The predicted molar refractivity (Wildman–Crippen MR) is 177 cm³/mol. The molecule has 0 radical (unpaired) electrons. The van der Waals surface area contributed by atoms with Gasteiger partial charge in [0.15, 0.2) is 0 Å². The molecule has 47 heavy (non-hydrogen) atoms. The second-order valence-corrected chi connectivity index (χ2v) is 14.1. The summed E-state index contributed by atoms with van der Waals surface area (Å²) >= 11 is 0. The number of sulfonamides is 1. The van der Waals surface area contributed by atoms with E-state index in [2.05, 4.69) is 5.32 Å². The monoisotopic (exact) mass is 669 g/mol. The number of anilines is 1. The Labute approximate surface area is 276 Å². The first kappa shape index (κ1) is 36.0. The molecule has 1 aliphatic rings. The van der Waals surface area contributed by atoms with Gasteiger partial charge in [-0.05, 0) is 87.7 Å². The number of rotatable bonds is 8. The minimum Gasteiger partial charge on any atom is -0.490 e. The number of hydrogen-bond acceptors (Lipinski definition) is 7. The molecule has 0 unspecified atom stereocenters. The van der Waals surface area contributed by atoms with Crippen LogP contribution in [0.2, 0.25) is 0 Å². The van der Waals surface area contributed by atoms with Gasteiger partial charge in [-0.25, -0.2) is 12.8 Å². The number of aliphatic hydroxyl groups is 1. The molecule has 0 saturated heterocycles. The molecule has 0 bridgehead atoms. The average Bonchev–Trinajstić information content (AvgIpc) is 3.06. The van der Waals surface area contributed by atoms with Gasteiger partial charge in [0, 0.05) is 43.9 Å². The van der Waals surface area contributed by atoms with Gasteiger partial charge in [0.2, 0.25) is 10.0 Å². The van der Waals surface area contributed by atoms with E-state index in [0.717, 1.165) is 18.6 Å². The van der Waals surface area contributed by atoms with E-state index in [1.54, 1.807) is 49.4 Å². The number of benzene rings is 3. The Morgan fingerprint density at radius 3 is 2.47 bits per heavy atom. The summed E-state index contributed by atoms with van der Waals surface area (Å²) in [6.07, 6.45) is 1.31. The molecule has 4 atom stereocenters. The third kappa shape index (κ3) is 9.38. The van der Waals surface area contributed by atoms with Crippen LogP contribution in [-0.4, -0.2) is 86.1 Å². The molecular formula is C35H44FN3O7S. The summed E-state index contributed by atoms with van der Waals surface area (Å²) in [4.78, 5) is 28.7. The number of halogens is 1. The van der Waals surface area contributed by atoms with Gasteiger partial charge in [0.1, 0.15) is 11.6 Å². The summed E-state index contributed by atoms with van der Waals surface area (Å²) in [6.45, 7) is 5.68. The molecule has 1 heterocycles. The van der Waals surface area contributed by atoms with E-state index in [-0.39, 0.29) is 48.1 Å². The van der Waals surface area contributed by atoms with Crippen LogP contribution in [0.3, 0.4) is 0 Å². The molecule has 0 aromatic heterocycles. The van der Waals surface area contributed by atoms with E-state index >= 15 is 0 Å². The van der Waals surface area contributed by atoms with Crippen LogP contribution in [0.5, 0.6) is 5.75 Å². The maximum absolute atomic E-state index is 14.3. The van der Waals surface area contributed by atoms with E-state index < -0.39 is 33.9 Å². The highest BCUT2D eigenvalue weighted by molar-refractivity contribution is 7.89. The summed E-state index contributed by atoms with van der Waals surface area (Å²) < 4.78 is 53.9. The molecule has 3 aromatic rings. The van der Waals surface area contributed by atoms with Crippen molar-refractivity contribution in [3.05, 3.63) is 89.7 Å². The Morgan fingerprint density at radius 1 is 1.09 bits per heavy atom. The fraction of sp³-hybridized carbons (Fsp3) is 0.429. The molecule has 254 valence electrons. The van der Waals surface area contributed by atoms with Crippen LogP contribution >= 0.6 is 0 Å². The lowest BCUT2D eigenvalue weighted by atomic mass is 10.0. The number of nitrogens with one attached hydrogen (secondary N) is 1. The lowest BCUT2D eigenvalue weighted by Crippen LogP contribution is -2.48. The average molecular weight is 670 g/mol. The Balaban J connectivity index is 1.65. The van der Waals surface area contributed by atoms with Crippen molar-refractivity contribution in [3.63, 3.8) is 0 Å². The van der Waals surface area contributed by atoms with Crippen molar-refractivity contribution in [2.45, 2.75) is 63.2 Å². The summed E-state index contributed by atoms with van der Waals surface area (Å²) in [5.41, 5.74) is 1.09. The number of hydrogen-bond donors (Lipinski definition) is 2. The number of carbonyl (C=O) groups is 2. The number of nitrogens with zero attached hydrogens (tertiary/aromatic N) is 2. The molecule has 0 fully saturated rings. The minimum absolute atomic E-state index is 0.0117. The molecule has 4 rings (SSSR count). The molecule has 0 spiro atoms. The highest BCUT2D eigenvalue weighted by Gasteiger charge is 2.32. The zero-order valence-electron chi connectivity index (χ0n) is 27.3. The molecule has 2 N–H and O–H groups in total. The summed E-state index contributed by atoms with van der Waals surface area (Å²) in [5.74, 6) is -1.30. The van der Waals surface area contributed by atoms with Gasteiger partial charge in [-0.2, -0.15) is 4.31 Å². The van der Waals surface area contributed by atoms with Crippen molar-refractivity contribution in [2.24, 2.45) is 5.92 Å². The SMILES string of the molecule is C[C@@H]1CN([C@@H](C)CO)C(=O)c2cc(NC(=O)c3ccccc3)ccc2O[C@@H](C)CCCCO[C@H]1CN(C)S(=O)(=O)c1ccc(F)cc1. The molecule has 1 aliphatic heterocycles. The third-order valence-electron chi connectivity index (χ3n) is 8.30. The maximum Gasteiger partial charge on any atom is 0.258 e. The quantitative estimate of drug-likeness (QED) is 0.338. The Kier molecular flexibility index (Phi) is 12.5. The number of ether oxygens (including phenoxy) is 2. The molecule has 2 amide bonds. The van der Waals surface area contributed by atoms with E-state index in [1.165, 1.54) is 28.4 Å². The van der Waals surface area contributed by atoms with Crippen molar-refractivity contribution in [3.8, 4) is 5.75 Å². The first-order chi connectivity index (χ1) is 22.4. The fourth-order valence-corrected chi connectivity index (χ4v) is 6.58. The largest absolute Gasteiger partial charge is 0.490 e. The van der Waals surface area contributed by atoms with Crippen molar-refractivity contribution in [2.75, 3.05) is 38.7 Å². The van der Waals surface area contributed by atoms with Gasteiger partial charge >= 0.3 is 0 Å². The van der Waals surface area contributed by atoms with E-state index in [9.17, 15) is 27.5 Å². The second kappa shape index (κ2) is 16.3. The van der Waals surface area contributed by atoms with Crippen LogP contribution in [0.25, 0.3) is 0 Å². The summed E-state index contributed by atoms with van der Waals surface area (Å²) in [6, 6.07) is 17.7. The van der Waals surface area contributed by atoms with Crippen molar-refractivity contribution in [1.82, 2.24) is 9.21 Å². The number of fused-ring (bicyclic) bond motifs is 1. The standard InChI is InChI=1S/C35H44FN3O7S/c1-24-21-39(25(2)23-40)35(42)31-20-29(37-34(41)27-11-6-5-7-12-27)15-18-32(31)46-26(3)10-8-9-19-45-33(24)22-38(4)47(43,44)30-16-13-28(36)14-17-30/h5-7,11-18,20,24-26,33,40H,8-10,19,21-23H2,1-4H3,(H,37,41)/t24-,25+,26+,33+/m1/s1. The van der Waals surface area contributed by atoms with Crippen LogP contribution in [0.1, 0.15) is 60.7 Å². The Bertz CT molecular complexity index is 1610. The van der Waals surface area contributed by atoms with Gasteiger partial charge in [-0.1, -0.05) is 25.1 Å². The molecule has 12 heteroatoms. The topological polar surface area (TPSA) is 125 Å². The molecule has 0 aliphatic carbocycles. The minimum atomic E-state index is -3.95. The Morgan fingerprint density at radius 2 is 1.79 bits per heavy atom. The molecule has 3 aromatic carbocycles. The van der Waals surface area contributed by atoms with Crippen LogP contribution in [0.4, 0.5) is 10.1 Å². The van der Waals surface area contributed by atoms with Gasteiger partial charge in [-0.15, -0.1) is 0 Å². The van der Waals surface area contributed by atoms with Gasteiger partial charge in [0.25, 0.3) is 11.8 Å². The van der Waals surface area contributed by atoms with Crippen molar-refractivity contribution >= 4 is 27.5 Å². The molecule has 10 nitrogen and oxygen atoms in total. The Hall–Kier alpha value is -3.84. The number of aliphatic hydroxyl groups excluding tert-OH is 1. The van der Waals surface area contributed by atoms with E-state index in [1.807, 2.05) is 19.9 Å². The van der Waals surface area contributed by atoms with Crippen LogP contribution in [0.15, 0.2) is 77.7 Å². The predicted octanol–water partition coefficient (Wildman–Crippen LogP) is 5.19. The van der Waals surface area contributed by atoms with E-state index in [0.29, 0.717) is 36.4 Å². The molecule has 0 saturated carbocycles. The number of likely N-dealkylation sites (N-methyl/N-ethyl adjacent to an activating group) is 1. The normalized spacial score (nSPS) is 20.5. The lowest BCUT2D eigenvalue weighted by molar-refractivity contribution is -0.00834. The van der Waals surface area contributed by atoms with Gasteiger partial charge in [-0.3, -0.25) is 9.59 Å². The first-order valence-corrected chi connectivity index (χ1v) is 17.3.